The fraction of sp³-hybridized carbons (Fsp3) is 0.360. The van der Waals surface area contributed by atoms with Gasteiger partial charge in [0.2, 0.25) is 27.7 Å². The summed E-state index contributed by atoms with van der Waals surface area (Å²) in [5.41, 5.74) is 1.72. The Hall–Kier alpha value is -3.37. The molecule has 10 heteroatoms. The second-order valence-corrected chi connectivity index (χ2v) is 10.8. The number of sulfonamides is 1. The van der Waals surface area contributed by atoms with Gasteiger partial charge in [0, 0.05) is 43.1 Å². The number of anilines is 1. The van der Waals surface area contributed by atoms with Crippen LogP contribution in [-0.2, 0) is 31.0 Å². The first-order valence-electron chi connectivity index (χ1n) is 11.5. The van der Waals surface area contributed by atoms with Gasteiger partial charge in [0.05, 0.1) is 11.4 Å². The lowest BCUT2D eigenvalue weighted by molar-refractivity contribution is -0.139. The third-order valence-corrected chi connectivity index (χ3v) is 8.31. The largest absolute Gasteiger partial charge is 0.326 e. The number of piperidine rings is 1. The molecule has 0 aromatic heterocycles. The van der Waals surface area contributed by atoms with E-state index >= 15 is 0 Å². The Labute approximate surface area is 204 Å². The summed E-state index contributed by atoms with van der Waals surface area (Å²) >= 11 is 0. The first-order valence-corrected chi connectivity index (χ1v) is 12.9. The predicted molar refractivity (Wildman–Crippen MR) is 128 cm³/mol. The summed E-state index contributed by atoms with van der Waals surface area (Å²) in [5.74, 6) is -1.06. The van der Waals surface area contributed by atoms with Crippen LogP contribution in [-0.4, -0.2) is 54.2 Å². The summed E-state index contributed by atoms with van der Waals surface area (Å²) in [5, 5.41) is 2.86. The van der Waals surface area contributed by atoms with Crippen molar-refractivity contribution < 1.29 is 27.6 Å². The Bertz CT molecular complexity index is 1250. The number of carbonyl (C=O) groups excluding carboxylic acids is 4. The van der Waals surface area contributed by atoms with Gasteiger partial charge in [0.1, 0.15) is 0 Å². The van der Waals surface area contributed by atoms with Gasteiger partial charge in [-0.25, -0.2) is 8.42 Å². The highest BCUT2D eigenvalue weighted by Gasteiger charge is 2.32. The number of Topliss-reactive ketones (excluding diaryl/α,β-unsaturated/α-hetero) is 1. The number of likely N-dealkylation sites (tertiary alicyclic amines) is 1. The van der Waals surface area contributed by atoms with E-state index in [0.29, 0.717) is 24.1 Å². The van der Waals surface area contributed by atoms with Crippen LogP contribution in [0.25, 0.3) is 0 Å². The minimum atomic E-state index is -3.75. The van der Waals surface area contributed by atoms with Crippen LogP contribution >= 0.6 is 0 Å². The highest BCUT2D eigenvalue weighted by Crippen LogP contribution is 2.26. The molecule has 0 radical (unpaired) electrons. The van der Waals surface area contributed by atoms with Gasteiger partial charge in [-0.05, 0) is 49.6 Å². The average Bonchev–Trinajstić information content (AvgIpc) is 3.17. The molecule has 2 heterocycles. The number of hydrogen-bond acceptors (Lipinski definition) is 6. The van der Waals surface area contributed by atoms with Crippen LogP contribution in [0, 0.1) is 5.92 Å². The average molecular weight is 498 g/mol. The molecule has 3 amide bonds. The molecule has 2 aliphatic heterocycles. The van der Waals surface area contributed by atoms with Crippen molar-refractivity contribution in [3.8, 4) is 0 Å². The van der Waals surface area contributed by atoms with Crippen molar-refractivity contribution in [1.82, 2.24) is 9.21 Å². The van der Waals surface area contributed by atoms with E-state index in [2.05, 4.69) is 5.32 Å². The van der Waals surface area contributed by atoms with E-state index in [9.17, 15) is 27.6 Å². The summed E-state index contributed by atoms with van der Waals surface area (Å²) < 4.78 is 27.3. The molecule has 0 unspecified atom stereocenters. The molecule has 0 spiro atoms. The Morgan fingerprint density at radius 2 is 1.60 bits per heavy atom. The summed E-state index contributed by atoms with van der Waals surface area (Å²) in [6.45, 7) is 2.02. The molecular weight excluding hydrogens is 470 g/mol. The van der Waals surface area contributed by atoms with Crippen molar-refractivity contribution in [1.29, 1.82) is 0 Å². The van der Waals surface area contributed by atoms with Gasteiger partial charge in [-0.2, -0.15) is 4.31 Å². The van der Waals surface area contributed by atoms with E-state index in [1.165, 1.54) is 28.3 Å². The smallest absolute Gasteiger partial charge is 0.243 e. The first-order chi connectivity index (χ1) is 16.6. The monoisotopic (exact) mass is 497 g/mol. The predicted octanol–water partition coefficient (Wildman–Crippen LogP) is 2.58. The Morgan fingerprint density at radius 1 is 0.971 bits per heavy atom. The van der Waals surface area contributed by atoms with Crippen LogP contribution in [0.5, 0.6) is 0 Å². The molecule has 35 heavy (non-hydrogen) atoms. The van der Waals surface area contributed by atoms with Crippen molar-refractivity contribution in [2.24, 2.45) is 5.92 Å². The number of imide groups is 1. The standard InChI is InChI=1S/C25H27N3O6S/c1-17(29)20-3-2-4-22(15-20)35(33,34)27-13-11-19(12-14-27)25(32)26-21-7-5-18(6-8-21)16-28-23(30)9-10-24(28)31/h2-8,15,19H,9-14,16H2,1H3,(H,26,32). The van der Waals surface area contributed by atoms with E-state index in [-0.39, 0.29) is 66.8 Å². The molecule has 2 aromatic rings. The summed E-state index contributed by atoms with van der Waals surface area (Å²) in [4.78, 5) is 49.2. The van der Waals surface area contributed by atoms with E-state index in [0.717, 1.165) is 5.56 Å². The van der Waals surface area contributed by atoms with Crippen molar-refractivity contribution in [3.63, 3.8) is 0 Å². The lowest BCUT2D eigenvalue weighted by atomic mass is 9.97. The number of carbonyl (C=O) groups is 4. The van der Waals surface area contributed by atoms with E-state index < -0.39 is 10.0 Å². The lowest BCUT2D eigenvalue weighted by Crippen LogP contribution is -2.41. The van der Waals surface area contributed by atoms with Gasteiger partial charge in [-0.15, -0.1) is 0 Å². The number of hydrogen-bond donors (Lipinski definition) is 1. The van der Waals surface area contributed by atoms with Gasteiger partial charge >= 0.3 is 0 Å². The number of rotatable bonds is 7. The van der Waals surface area contributed by atoms with Crippen molar-refractivity contribution >= 4 is 39.2 Å². The van der Waals surface area contributed by atoms with Crippen LogP contribution in [0.3, 0.4) is 0 Å². The molecule has 0 atom stereocenters. The molecule has 4 rings (SSSR count). The van der Waals surface area contributed by atoms with Gasteiger partial charge in [0.25, 0.3) is 0 Å². The van der Waals surface area contributed by atoms with Crippen LogP contribution in [0.2, 0.25) is 0 Å². The molecule has 2 fully saturated rings. The second-order valence-electron chi connectivity index (χ2n) is 8.82. The zero-order valence-electron chi connectivity index (χ0n) is 19.4. The van der Waals surface area contributed by atoms with Crippen molar-refractivity contribution in [2.75, 3.05) is 18.4 Å². The maximum Gasteiger partial charge on any atom is 0.243 e. The molecule has 0 aliphatic carbocycles. The number of nitrogens with one attached hydrogen (secondary N) is 1. The molecule has 2 aromatic carbocycles. The van der Waals surface area contributed by atoms with Gasteiger partial charge in [-0.1, -0.05) is 24.3 Å². The van der Waals surface area contributed by atoms with Gasteiger partial charge in [0.15, 0.2) is 5.78 Å². The van der Waals surface area contributed by atoms with E-state index in [1.54, 1.807) is 36.4 Å². The van der Waals surface area contributed by atoms with E-state index in [4.69, 9.17) is 0 Å². The molecule has 1 N–H and O–H groups in total. The molecule has 0 saturated carbocycles. The Balaban J connectivity index is 1.32. The molecule has 2 saturated heterocycles. The zero-order chi connectivity index (χ0) is 25.2. The van der Waals surface area contributed by atoms with Gasteiger partial charge < -0.3 is 5.32 Å². The maximum absolute atomic E-state index is 13.0. The van der Waals surface area contributed by atoms with Crippen LogP contribution in [0.15, 0.2) is 53.4 Å². The minimum absolute atomic E-state index is 0.0746. The maximum atomic E-state index is 13.0. The Morgan fingerprint density at radius 3 is 2.20 bits per heavy atom. The fourth-order valence-corrected chi connectivity index (χ4v) is 5.82. The highest BCUT2D eigenvalue weighted by atomic mass is 32.2. The SMILES string of the molecule is CC(=O)c1cccc(S(=O)(=O)N2CCC(C(=O)Nc3ccc(CN4C(=O)CCC4=O)cc3)CC2)c1. The van der Waals surface area contributed by atoms with Crippen LogP contribution < -0.4 is 5.32 Å². The lowest BCUT2D eigenvalue weighted by Gasteiger charge is -2.30. The summed E-state index contributed by atoms with van der Waals surface area (Å²) in [6.07, 6.45) is 1.26. The summed E-state index contributed by atoms with van der Waals surface area (Å²) in [6, 6.07) is 13.0. The molecule has 2 aliphatic rings. The number of benzene rings is 2. The minimum Gasteiger partial charge on any atom is -0.326 e. The van der Waals surface area contributed by atoms with Crippen molar-refractivity contribution in [3.05, 3.63) is 59.7 Å². The summed E-state index contributed by atoms with van der Waals surface area (Å²) in [7, 11) is -3.75. The molecular formula is C25H27N3O6S. The third-order valence-electron chi connectivity index (χ3n) is 6.42. The topological polar surface area (TPSA) is 121 Å². The second kappa shape index (κ2) is 10.1. The fourth-order valence-electron chi connectivity index (χ4n) is 4.30. The van der Waals surface area contributed by atoms with Gasteiger partial charge in [-0.3, -0.25) is 24.1 Å². The molecule has 184 valence electrons. The number of nitrogens with zero attached hydrogens (tertiary/aromatic N) is 2. The quantitative estimate of drug-likeness (QED) is 0.464. The van der Waals surface area contributed by atoms with Crippen LogP contribution in [0.1, 0.15) is 48.5 Å². The first kappa shape index (κ1) is 24.7. The Kier molecular flexibility index (Phi) is 7.13. The third kappa shape index (κ3) is 5.49. The van der Waals surface area contributed by atoms with Crippen LogP contribution in [0.4, 0.5) is 5.69 Å². The van der Waals surface area contributed by atoms with Crippen molar-refractivity contribution in [2.45, 2.75) is 44.0 Å². The number of ketones is 1. The van der Waals surface area contributed by atoms with E-state index in [1.807, 2.05) is 0 Å². The number of amides is 3. The highest BCUT2D eigenvalue weighted by molar-refractivity contribution is 7.89. The normalized spacial score (nSPS) is 17.6. The zero-order valence-corrected chi connectivity index (χ0v) is 20.2. The molecule has 0 bridgehead atoms. The molecule has 9 nitrogen and oxygen atoms in total.